The second-order valence-electron chi connectivity index (χ2n) is 13.4. The molecule has 42 heavy (non-hydrogen) atoms. The fraction of sp³-hybridized carbons (Fsp3) is 0.800. The van der Waals surface area contributed by atoms with Crippen molar-refractivity contribution in [1.29, 1.82) is 0 Å². The lowest BCUT2D eigenvalue weighted by atomic mass is 9.46. The number of aliphatic hydroxyl groups is 1. The molecular weight excluding hydrogens is 555 g/mol. The van der Waals surface area contributed by atoms with Crippen LogP contribution in [0, 0.1) is 34.5 Å². The van der Waals surface area contributed by atoms with Crippen molar-refractivity contribution in [3.8, 4) is 0 Å². The molecule has 0 aromatic rings. The first-order valence-electron chi connectivity index (χ1n) is 15.0. The number of amides is 1. The number of nitrogens with zero attached hydrogens (tertiary/aromatic N) is 2. The number of nitrogens with one attached hydrogen (secondary N) is 1. The molecule has 0 bridgehead atoms. The zero-order valence-corrected chi connectivity index (χ0v) is 24.9. The minimum atomic E-state index is -5.08. The summed E-state index contributed by atoms with van der Waals surface area (Å²) in [4.78, 5) is 40.5. The van der Waals surface area contributed by atoms with Gasteiger partial charge >= 0.3 is 18.2 Å². The largest absolute Gasteiger partial charge is 0.490 e. The van der Waals surface area contributed by atoms with E-state index in [-0.39, 0.29) is 23.0 Å². The zero-order chi connectivity index (χ0) is 31.0. The van der Waals surface area contributed by atoms with Crippen LogP contribution >= 0.6 is 0 Å². The Balaban J connectivity index is 0.000000517. The normalized spacial score (nSPS) is 37.9. The summed E-state index contributed by atoms with van der Waals surface area (Å²) in [6.45, 7) is 7.98. The van der Waals surface area contributed by atoms with Gasteiger partial charge in [-0.1, -0.05) is 24.6 Å². The predicted octanol–water partition coefficient (Wildman–Crippen LogP) is 4.93. The molecule has 9 nitrogen and oxygen atoms in total. The second kappa shape index (κ2) is 12.3. The highest BCUT2D eigenvalue weighted by atomic mass is 19.4. The van der Waals surface area contributed by atoms with E-state index in [0.717, 1.165) is 25.0 Å². The van der Waals surface area contributed by atoms with Crippen LogP contribution in [0.25, 0.3) is 0 Å². The topological polar surface area (TPSA) is 129 Å². The summed E-state index contributed by atoms with van der Waals surface area (Å²) in [7, 11) is 1.72. The molecule has 1 heterocycles. The molecule has 5 aliphatic rings. The monoisotopic (exact) mass is 599 g/mol. The molecule has 8 atom stereocenters. The molecule has 3 saturated carbocycles. The molecular formula is C30H44F3N3O6. The van der Waals surface area contributed by atoms with E-state index in [9.17, 15) is 27.9 Å². The van der Waals surface area contributed by atoms with Crippen LogP contribution < -0.4 is 5.32 Å². The van der Waals surface area contributed by atoms with Gasteiger partial charge in [-0.05, 0) is 93.0 Å². The van der Waals surface area contributed by atoms with Gasteiger partial charge in [0.1, 0.15) is 0 Å². The van der Waals surface area contributed by atoms with Gasteiger partial charge in [0.15, 0.2) is 5.78 Å². The molecule has 236 valence electrons. The number of carboxylic acids is 1. The van der Waals surface area contributed by atoms with Crippen LogP contribution in [-0.4, -0.2) is 77.1 Å². The van der Waals surface area contributed by atoms with Gasteiger partial charge in [-0.15, -0.1) is 0 Å². The molecule has 4 fully saturated rings. The Bertz CT molecular complexity index is 1130. The summed E-state index contributed by atoms with van der Waals surface area (Å²) in [5.74, 6) is -0.0284. The number of fused-ring (bicyclic) bond motifs is 5. The number of alkyl halides is 3. The summed E-state index contributed by atoms with van der Waals surface area (Å²) < 4.78 is 31.7. The van der Waals surface area contributed by atoms with Crippen molar-refractivity contribution in [2.45, 2.75) is 96.9 Å². The van der Waals surface area contributed by atoms with Gasteiger partial charge < -0.3 is 20.4 Å². The van der Waals surface area contributed by atoms with E-state index in [1.165, 1.54) is 31.3 Å². The number of aliphatic hydroxyl groups excluding tert-OH is 1. The number of likely N-dealkylation sites (N-methyl/N-ethyl adjacent to an activating group) is 1. The number of hydrogen-bond donors (Lipinski definition) is 3. The van der Waals surface area contributed by atoms with Crippen molar-refractivity contribution in [1.82, 2.24) is 10.2 Å². The number of β-amino-alcohol motifs (C(OH)–C–C–N with tert-alkyl or cyclic N) is 1. The second-order valence-corrected chi connectivity index (χ2v) is 13.4. The number of halogens is 3. The maximum absolute atomic E-state index is 12.6. The van der Waals surface area contributed by atoms with Crippen molar-refractivity contribution in [2.24, 2.45) is 39.7 Å². The zero-order valence-electron chi connectivity index (χ0n) is 24.9. The maximum Gasteiger partial charge on any atom is 0.490 e. The molecule has 1 saturated heterocycles. The summed E-state index contributed by atoms with van der Waals surface area (Å²) in [5.41, 5.74) is 2.75. The molecule has 4 aliphatic carbocycles. The molecule has 3 N–H and O–H groups in total. The van der Waals surface area contributed by atoms with Gasteiger partial charge in [-0.25, -0.2) is 9.59 Å². The van der Waals surface area contributed by atoms with Gasteiger partial charge in [-0.3, -0.25) is 9.63 Å². The molecule has 1 amide bonds. The number of allylic oxidation sites excluding steroid dienone is 1. The summed E-state index contributed by atoms with van der Waals surface area (Å²) in [5, 5.41) is 24.4. The van der Waals surface area contributed by atoms with Crippen molar-refractivity contribution in [3.63, 3.8) is 0 Å². The number of aliphatic carboxylic acids is 1. The van der Waals surface area contributed by atoms with E-state index in [0.29, 0.717) is 55.4 Å². The van der Waals surface area contributed by atoms with Crippen LogP contribution in [0.2, 0.25) is 0 Å². The number of carbonyl (C=O) groups excluding carboxylic acids is 2. The lowest BCUT2D eigenvalue weighted by Gasteiger charge is -2.58. The molecule has 0 spiro atoms. The third-order valence-corrected chi connectivity index (χ3v) is 11.0. The molecule has 5 rings (SSSR count). The Kier molecular flexibility index (Phi) is 9.47. The quantitative estimate of drug-likeness (QED) is 0.237. The highest BCUT2D eigenvalue weighted by molar-refractivity contribution is 5.91. The minimum absolute atomic E-state index is 0.0901. The van der Waals surface area contributed by atoms with Crippen LogP contribution in [0.4, 0.5) is 18.0 Å². The number of rotatable bonds is 4. The van der Waals surface area contributed by atoms with Gasteiger partial charge in [0, 0.05) is 38.5 Å². The molecule has 0 aromatic heterocycles. The van der Waals surface area contributed by atoms with Crippen LogP contribution in [-0.2, 0) is 14.4 Å². The lowest BCUT2D eigenvalue weighted by Crippen LogP contribution is -2.51. The number of carboxylic acid groups (broad SMARTS) is 1. The first-order chi connectivity index (χ1) is 19.6. The van der Waals surface area contributed by atoms with Crippen LogP contribution in [0.3, 0.4) is 0 Å². The Morgan fingerprint density at radius 2 is 1.83 bits per heavy atom. The summed E-state index contributed by atoms with van der Waals surface area (Å²) in [6, 6.07) is 0.0901. The van der Waals surface area contributed by atoms with E-state index in [2.05, 4.69) is 24.3 Å². The summed E-state index contributed by atoms with van der Waals surface area (Å²) >= 11 is 0. The third-order valence-electron chi connectivity index (χ3n) is 11.0. The van der Waals surface area contributed by atoms with Gasteiger partial charge in [0.2, 0.25) is 0 Å². The highest BCUT2D eigenvalue weighted by Gasteiger charge is 2.59. The van der Waals surface area contributed by atoms with E-state index in [4.69, 9.17) is 14.7 Å². The fourth-order valence-electron chi connectivity index (χ4n) is 8.83. The predicted molar refractivity (Wildman–Crippen MR) is 149 cm³/mol. The Morgan fingerprint density at radius 1 is 1.14 bits per heavy atom. The van der Waals surface area contributed by atoms with Gasteiger partial charge in [0.05, 0.1) is 11.8 Å². The standard InChI is InChI=1S/C28H43N3O4.C2HF3O2/c1-17(30-35-26(34)31(4)16-19-14-21(33)15-29-19)23-7-8-24-22-6-5-18-13-20(32)9-11-27(18,2)25(22)10-12-28(23,24)3;3-2(4,5)1(6)7/h13,19,21-25,29,33H,5-12,14-16H2,1-4H3;(H,6,7)/b30-17+;/t19-,21+,22?,23?,24?,25?,27?,28?;/m0./s1. The Morgan fingerprint density at radius 3 is 2.45 bits per heavy atom. The van der Waals surface area contributed by atoms with Crippen molar-refractivity contribution in [2.75, 3.05) is 20.1 Å². The molecule has 1 aliphatic heterocycles. The third kappa shape index (κ3) is 6.54. The Hall–Kier alpha value is -2.47. The number of ketones is 1. The van der Waals surface area contributed by atoms with Crippen LogP contribution in [0.1, 0.15) is 78.6 Å². The lowest BCUT2D eigenvalue weighted by molar-refractivity contribution is -0.192. The number of oxime groups is 1. The Labute approximate surface area is 244 Å². The minimum Gasteiger partial charge on any atom is -0.475 e. The van der Waals surface area contributed by atoms with Crippen molar-refractivity contribution >= 4 is 23.6 Å². The smallest absolute Gasteiger partial charge is 0.475 e. The van der Waals surface area contributed by atoms with Crippen LogP contribution in [0.15, 0.2) is 16.8 Å². The summed E-state index contributed by atoms with van der Waals surface area (Å²) in [6.07, 6.45) is 5.48. The average molecular weight is 600 g/mol. The van der Waals surface area contributed by atoms with Gasteiger partial charge in [0.25, 0.3) is 0 Å². The van der Waals surface area contributed by atoms with E-state index < -0.39 is 18.2 Å². The van der Waals surface area contributed by atoms with E-state index in [1.807, 2.05) is 13.0 Å². The maximum atomic E-state index is 12.6. The van der Waals surface area contributed by atoms with E-state index >= 15 is 0 Å². The molecule has 6 unspecified atom stereocenters. The molecule has 0 aromatic carbocycles. The molecule has 12 heteroatoms. The fourth-order valence-corrected chi connectivity index (χ4v) is 8.83. The van der Waals surface area contributed by atoms with Gasteiger partial charge in [-0.2, -0.15) is 13.2 Å². The first kappa shape index (κ1) is 32.4. The van der Waals surface area contributed by atoms with Crippen molar-refractivity contribution < 1.29 is 42.6 Å². The highest BCUT2D eigenvalue weighted by Crippen LogP contribution is 2.66. The SMILES string of the molecule is C/C(=N\OC(=O)N(C)C[C@@H]1C[C@@H](O)CN1)C1CCC2C3CCC4=CC(=O)CCC4(C)C3CCC12C.O=C(O)C(F)(F)F. The van der Waals surface area contributed by atoms with Crippen LogP contribution in [0.5, 0.6) is 0 Å². The molecule has 0 radical (unpaired) electrons. The van der Waals surface area contributed by atoms with E-state index in [1.54, 1.807) is 11.9 Å². The number of carbonyl (C=O) groups is 3. The number of hydrogen-bond acceptors (Lipinski definition) is 7. The average Bonchev–Trinajstić information content (AvgIpc) is 3.49. The van der Waals surface area contributed by atoms with Crippen molar-refractivity contribution in [3.05, 3.63) is 11.6 Å². The first-order valence-corrected chi connectivity index (χ1v) is 15.0.